The van der Waals surface area contributed by atoms with Crippen LogP contribution >= 0.6 is 0 Å². The Hall–Kier alpha value is -5.19. The number of aromatic nitrogens is 2. The van der Waals surface area contributed by atoms with Crippen LogP contribution in [0.1, 0.15) is 30.5 Å². The third-order valence-corrected chi connectivity index (χ3v) is 5.95. The van der Waals surface area contributed by atoms with Crippen molar-refractivity contribution in [2.75, 3.05) is 6.54 Å². The number of hydrogen-bond donors (Lipinski definition) is 10. The molecule has 14 N–H and O–H groups in total. The molecule has 2 aromatic rings. The first kappa shape index (κ1) is 33.0. The number of nitrogens with two attached hydrogens (primary N) is 4. The monoisotopic (exact) mass is 588 g/mol. The van der Waals surface area contributed by atoms with E-state index in [1.807, 2.05) is 0 Å². The molecule has 228 valence electrons. The molecule has 4 unspecified atom stereocenters. The third-order valence-electron chi connectivity index (χ3n) is 5.95. The number of phenols is 1. The van der Waals surface area contributed by atoms with Crippen molar-refractivity contribution in [3.05, 3.63) is 48.0 Å². The summed E-state index contributed by atoms with van der Waals surface area (Å²) in [6.45, 7) is 0.222. The average Bonchev–Trinajstić information content (AvgIpc) is 3.43. The number of hydrogen-bond acceptors (Lipinski definition) is 9. The normalized spacial score (nSPS) is 13.5. The van der Waals surface area contributed by atoms with Crippen molar-refractivity contribution in [2.45, 2.75) is 56.3 Å². The van der Waals surface area contributed by atoms with Gasteiger partial charge in [0, 0.05) is 31.3 Å². The number of aromatic amines is 1. The van der Waals surface area contributed by atoms with Gasteiger partial charge in [-0.15, -0.1) is 0 Å². The van der Waals surface area contributed by atoms with Gasteiger partial charge in [-0.25, -0.2) is 9.78 Å². The summed E-state index contributed by atoms with van der Waals surface area (Å²) in [5, 5.41) is 26.5. The first-order valence-electron chi connectivity index (χ1n) is 12.8. The standard InChI is InChI=1S/C25H36N10O7/c26-16(2-1-7-31-25(28)29)21(38)33-18(10-20(27)37)23(40)34-17(8-13-3-5-15(36)6-4-13)22(39)35-19(24(41)42)9-14-11-30-12-32-14/h3-6,11-12,16-19,36H,1-2,7-10,26H2,(H2,27,37)(H,30,32)(H,33,38)(H,34,40)(H,35,39)(H,41,42)(H4,28,29,31). The minimum atomic E-state index is -1.49. The number of aromatic hydroxyl groups is 1. The number of H-pyrrole nitrogens is 1. The number of guanidine groups is 1. The summed E-state index contributed by atoms with van der Waals surface area (Å²) in [5.74, 6) is -4.95. The van der Waals surface area contributed by atoms with Gasteiger partial charge in [-0.2, -0.15) is 0 Å². The molecule has 4 atom stereocenters. The van der Waals surface area contributed by atoms with Crippen molar-refractivity contribution in [1.29, 1.82) is 0 Å². The SMILES string of the molecule is NC(=O)CC(NC(=O)C(N)CCCN=C(N)N)C(=O)NC(Cc1ccc(O)cc1)C(=O)NC(Cc1cnc[nH]1)C(=O)O. The summed E-state index contributed by atoms with van der Waals surface area (Å²) in [7, 11) is 0. The molecule has 0 radical (unpaired) electrons. The fraction of sp³-hybridized carbons (Fsp3) is 0.400. The Bertz CT molecular complexity index is 1250. The maximum Gasteiger partial charge on any atom is 0.326 e. The Morgan fingerprint density at radius 3 is 2.10 bits per heavy atom. The van der Waals surface area contributed by atoms with Gasteiger partial charge in [0.25, 0.3) is 0 Å². The lowest BCUT2D eigenvalue weighted by atomic mass is 10.0. The number of carbonyl (C=O) groups excluding carboxylic acids is 4. The number of imidazole rings is 1. The highest BCUT2D eigenvalue weighted by atomic mass is 16.4. The highest BCUT2D eigenvalue weighted by molar-refractivity contribution is 5.96. The van der Waals surface area contributed by atoms with Gasteiger partial charge in [-0.3, -0.25) is 24.2 Å². The highest BCUT2D eigenvalue weighted by Crippen LogP contribution is 2.12. The lowest BCUT2D eigenvalue weighted by Crippen LogP contribution is -2.58. The Labute approximate surface area is 240 Å². The number of rotatable bonds is 17. The van der Waals surface area contributed by atoms with Crippen LogP contribution in [0.2, 0.25) is 0 Å². The van der Waals surface area contributed by atoms with E-state index in [0.717, 1.165) is 0 Å². The molecule has 0 aliphatic rings. The number of nitrogens with one attached hydrogen (secondary N) is 4. The van der Waals surface area contributed by atoms with Crippen molar-refractivity contribution < 1.29 is 34.2 Å². The molecule has 1 aromatic heterocycles. The van der Waals surface area contributed by atoms with E-state index in [9.17, 15) is 34.2 Å². The number of aliphatic imine (C=N–C) groups is 1. The summed E-state index contributed by atoms with van der Waals surface area (Å²) in [5.41, 5.74) is 22.7. The molecule has 0 spiro atoms. The fourth-order valence-corrected chi connectivity index (χ4v) is 3.78. The van der Waals surface area contributed by atoms with E-state index in [-0.39, 0.29) is 37.5 Å². The number of benzene rings is 1. The minimum Gasteiger partial charge on any atom is -0.508 e. The molecule has 17 nitrogen and oxygen atoms in total. The van der Waals surface area contributed by atoms with Crippen molar-refractivity contribution in [3.8, 4) is 5.75 Å². The molecule has 4 amide bonds. The Morgan fingerprint density at radius 2 is 1.52 bits per heavy atom. The Kier molecular flexibility index (Phi) is 12.7. The number of primary amides is 1. The molecule has 17 heteroatoms. The molecule has 1 aromatic carbocycles. The summed E-state index contributed by atoms with van der Waals surface area (Å²) in [4.78, 5) is 73.1. The fourth-order valence-electron chi connectivity index (χ4n) is 3.78. The van der Waals surface area contributed by atoms with E-state index in [2.05, 4.69) is 30.9 Å². The second-order valence-electron chi connectivity index (χ2n) is 9.40. The maximum atomic E-state index is 13.3. The van der Waals surface area contributed by atoms with Crippen LogP contribution in [-0.4, -0.2) is 86.5 Å². The zero-order valence-electron chi connectivity index (χ0n) is 22.7. The summed E-state index contributed by atoms with van der Waals surface area (Å²) in [6.07, 6.45) is 2.42. The van der Waals surface area contributed by atoms with E-state index in [1.165, 1.54) is 36.8 Å². The van der Waals surface area contributed by atoms with Gasteiger partial charge in [0.2, 0.25) is 23.6 Å². The van der Waals surface area contributed by atoms with Gasteiger partial charge in [-0.1, -0.05) is 12.1 Å². The van der Waals surface area contributed by atoms with Gasteiger partial charge in [0.1, 0.15) is 23.9 Å². The molecular weight excluding hydrogens is 552 g/mol. The molecule has 0 fully saturated rings. The van der Waals surface area contributed by atoms with Crippen LogP contribution in [0.4, 0.5) is 0 Å². The van der Waals surface area contributed by atoms with Crippen molar-refractivity contribution in [1.82, 2.24) is 25.9 Å². The van der Waals surface area contributed by atoms with Crippen molar-refractivity contribution in [3.63, 3.8) is 0 Å². The number of phenolic OH excluding ortho intramolecular Hbond substituents is 1. The lowest BCUT2D eigenvalue weighted by Gasteiger charge is -2.25. The largest absolute Gasteiger partial charge is 0.508 e. The van der Waals surface area contributed by atoms with Gasteiger partial charge >= 0.3 is 5.97 Å². The van der Waals surface area contributed by atoms with Crippen LogP contribution in [-0.2, 0) is 36.8 Å². The third kappa shape index (κ3) is 11.5. The topological polar surface area (TPSA) is 307 Å². The first-order chi connectivity index (χ1) is 19.8. The van der Waals surface area contributed by atoms with E-state index < -0.39 is 60.2 Å². The van der Waals surface area contributed by atoms with Crippen LogP contribution < -0.4 is 38.9 Å². The van der Waals surface area contributed by atoms with Gasteiger partial charge in [0.05, 0.1) is 18.8 Å². The molecule has 0 saturated carbocycles. The maximum absolute atomic E-state index is 13.3. The first-order valence-corrected chi connectivity index (χ1v) is 12.8. The lowest BCUT2D eigenvalue weighted by molar-refractivity contribution is -0.142. The molecule has 0 saturated heterocycles. The molecular formula is C25H36N10O7. The van der Waals surface area contributed by atoms with Gasteiger partial charge in [-0.05, 0) is 30.5 Å². The minimum absolute atomic E-state index is 0.0341. The molecule has 2 rings (SSSR count). The zero-order chi connectivity index (χ0) is 31.2. The second-order valence-corrected chi connectivity index (χ2v) is 9.40. The van der Waals surface area contributed by atoms with Crippen molar-refractivity contribution >= 4 is 35.6 Å². The molecule has 1 heterocycles. The van der Waals surface area contributed by atoms with Crippen LogP contribution in [0.15, 0.2) is 41.8 Å². The number of carbonyl (C=O) groups is 5. The molecule has 0 aliphatic carbocycles. The molecule has 42 heavy (non-hydrogen) atoms. The average molecular weight is 589 g/mol. The van der Waals surface area contributed by atoms with E-state index in [4.69, 9.17) is 22.9 Å². The smallest absolute Gasteiger partial charge is 0.326 e. The van der Waals surface area contributed by atoms with Crippen molar-refractivity contribution in [2.24, 2.45) is 27.9 Å². The van der Waals surface area contributed by atoms with E-state index in [1.54, 1.807) is 0 Å². The number of amides is 4. The summed E-state index contributed by atoms with van der Waals surface area (Å²) < 4.78 is 0. The predicted molar refractivity (Wildman–Crippen MR) is 149 cm³/mol. The van der Waals surface area contributed by atoms with E-state index >= 15 is 0 Å². The van der Waals surface area contributed by atoms with Gasteiger partial charge < -0.3 is 54.1 Å². The summed E-state index contributed by atoms with van der Waals surface area (Å²) in [6, 6.07) is 0.452. The number of aliphatic carboxylic acids is 1. The van der Waals surface area contributed by atoms with Crippen LogP contribution in [0.3, 0.4) is 0 Å². The highest BCUT2D eigenvalue weighted by Gasteiger charge is 2.31. The van der Waals surface area contributed by atoms with Crippen LogP contribution in [0, 0.1) is 0 Å². The van der Waals surface area contributed by atoms with E-state index in [0.29, 0.717) is 17.7 Å². The molecule has 0 bridgehead atoms. The Balaban J connectivity index is 2.20. The second kappa shape index (κ2) is 16.2. The Morgan fingerprint density at radius 1 is 0.905 bits per heavy atom. The number of carboxylic acid groups (broad SMARTS) is 1. The van der Waals surface area contributed by atoms with Gasteiger partial charge in [0.15, 0.2) is 5.96 Å². The quantitative estimate of drug-likeness (QED) is 0.0495. The summed E-state index contributed by atoms with van der Waals surface area (Å²) >= 11 is 0. The predicted octanol–water partition coefficient (Wildman–Crippen LogP) is -3.30. The number of carboxylic acids is 1. The van der Waals surface area contributed by atoms with Crippen LogP contribution in [0.25, 0.3) is 0 Å². The molecule has 0 aliphatic heterocycles. The zero-order valence-corrected chi connectivity index (χ0v) is 22.7. The van der Waals surface area contributed by atoms with Crippen LogP contribution in [0.5, 0.6) is 5.75 Å². The number of nitrogens with zero attached hydrogens (tertiary/aromatic N) is 2.